The molecule has 1 saturated heterocycles. The summed E-state index contributed by atoms with van der Waals surface area (Å²) in [6.45, 7) is 1.50. The Morgan fingerprint density at radius 2 is 1.76 bits per heavy atom. The molecule has 2 heterocycles. The standard InChI is InChI=1S/C28H30F3N5O4S/c1-2-25(28(29,30)31)40-26(34-32)22-7-5-20(6-8-22)19-36(27(37)35-14-16-41(38,39)17-15-35)24-11-9-21(10-12-24)23-4-3-13-33-18-23/h2-13,18,26,34H,14-17,19,32H2,1H3/b25-2-. The lowest BCUT2D eigenvalue weighted by molar-refractivity contribution is -0.143. The highest BCUT2D eigenvalue weighted by Crippen LogP contribution is 2.31. The molecular formula is C28H30F3N5O4S. The van der Waals surface area contributed by atoms with Crippen molar-refractivity contribution < 1.29 is 31.1 Å². The predicted molar refractivity (Wildman–Crippen MR) is 149 cm³/mol. The van der Waals surface area contributed by atoms with Crippen LogP contribution in [0.3, 0.4) is 0 Å². The van der Waals surface area contributed by atoms with Crippen LogP contribution in [0.4, 0.5) is 23.7 Å². The number of nitrogens with two attached hydrogens (primary N) is 1. The Labute approximate surface area is 236 Å². The average molecular weight is 590 g/mol. The zero-order chi connectivity index (χ0) is 29.6. The minimum atomic E-state index is -4.68. The van der Waals surface area contributed by atoms with Crippen LogP contribution >= 0.6 is 0 Å². The molecule has 2 aromatic carbocycles. The van der Waals surface area contributed by atoms with Crippen LogP contribution in [-0.2, 0) is 21.1 Å². The molecule has 0 bridgehead atoms. The number of aromatic nitrogens is 1. The van der Waals surface area contributed by atoms with Gasteiger partial charge in [0.05, 0.1) is 18.1 Å². The summed E-state index contributed by atoms with van der Waals surface area (Å²) in [5.74, 6) is 4.07. The van der Waals surface area contributed by atoms with Crippen molar-refractivity contribution in [3.8, 4) is 11.1 Å². The van der Waals surface area contributed by atoms with Gasteiger partial charge >= 0.3 is 12.2 Å². The van der Waals surface area contributed by atoms with Gasteiger partial charge in [0, 0.05) is 36.7 Å². The molecule has 0 saturated carbocycles. The number of halogens is 3. The number of allylic oxidation sites excluding steroid dienone is 2. The summed E-state index contributed by atoms with van der Waals surface area (Å²) >= 11 is 0. The summed E-state index contributed by atoms with van der Waals surface area (Å²) in [6, 6.07) is 17.2. The van der Waals surface area contributed by atoms with Gasteiger partial charge in [-0.05, 0) is 47.9 Å². The minimum absolute atomic E-state index is 0.0814. The van der Waals surface area contributed by atoms with Crippen molar-refractivity contribution in [2.75, 3.05) is 29.5 Å². The van der Waals surface area contributed by atoms with Crippen molar-refractivity contribution in [2.45, 2.75) is 25.9 Å². The number of hydrazine groups is 1. The second-order valence-electron chi connectivity index (χ2n) is 9.35. The largest absolute Gasteiger partial charge is 0.465 e. The van der Waals surface area contributed by atoms with Gasteiger partial charge in [0.15, 0.2) is 21.8 Å². The SMILES string of the molecule is C/C=C(\OC(NN)c1ccc(CN(C(=O)N2CCS(=O)(=O)CC2)c2ccc(-c3cccnc3)cc2)cc1)C(F)(F)F. The number of anilines is 1. The molecule has 1 aliphatic rings. The number of nitrogens with zero attached hydrogens (tertiary/aromatic N) is 3. The maximum atomic E-state index is 13.6. The number of urea groups is 1. The molecular weight excluding hydrogens is 559 g/mol. The summed E-state index contributed by atoms with van der Waals surface area (Å²) in [4.78, 5) is 20.8. The molecule has 2 amide bonds. The number of rotatable bonds is 8. The Bertz CT molecular complexity index is 1450. The Balaban J connectivity index is 1.58. The zero-order valence-corrected chi connectivity index (χ0v) is 23.0. The third-order valence-corrected chi connectivity index (χ3v) is 8.19. The van der Waals surface area contributed by atoms with Crippen molar-refractivity contribution in [1.29, 1.82) is 0 Å². The third kappa shape index (κ3) is 7.63. The number of alkyl halides is 3. The molecule has 0 spiro atoms. The van der Waals surface area contributed by atoms with Gasteiger partial charge < -0.3 is 9.64 Å². The third-order valence-electron chi connectivity index (χ3n) is 6.58. The van der Waals surface area contributed by atoms with Crippen molar-refractivity contribution in [1.82, 2.24) is 15.3 Å². The van der Waals surface area contributed by atoms with Crippen LogP contribution in [0, 0.1) is 0 Å². The molecule has 0 radical (unpaired) electrons. The van der Waals surface area contributed by atoms with E-state index >= 15 is 0 Å². The zero-order valence-electron chi connectivity index (χ0n) is 22.2. The van der Waals surface area contributed by atoms with E-state index in [1.807, 2.05) is 24.3 Å². The van der Waals surface area contributed by atoms with E-state index in [9.17, 15) is 26.4 Å². The molecule has 9 nitrogen and oxygen atoms in total. The lowest BCUT2D eigenvalue weighted by atomic mass is 10.1. The molecule has 1 aromatic heterocycles. The van der Waals surface area contributed by atoms with Gasteiger partial charge in [-0.25, -0.2) is 18.6 Å². The van der Waals surface area contributed by atoms with Crippen LogP contribution in [-0.4, -0.2) is 55.1 Å². The highest BCUT2D eigenvalue weighted by atomic mass is 32.2. The first kappa shape index (κ1) is 30.0. The van der Waals surface area contributed by atoms with E-state index in [1.54, 1.807) is 48.8 Å². The fourth-order valence-electron chi connectivity index (χ4n) is 4.32. The van der Waals surface area contributed by atoms with E-state index in [1.165, 1.54) is 16.7 Å². The summed E-state index contributed by atoms with van der Waals surface area (Å²) in [6.07, 6.45) is -1.71. The molecule has 41 heavy (non-hydrogen) atoms. The summed E-state index contributed by atoms with van der Waals surface area (Å²) in [7, 11) is -3.19. The first-order valence-electron chi connectivity index (χ1n) is 12.7. The Morgan fingerprint density at radius 3 is 2.29 bits per heavy atom. The van der Waals surface area contributed by atoms with E-state index in [-0.39, 0.29) is 37.2 Å². The number of ether oxygens (including phenoxy) is 1. The van der Waals surface area contributed by atoms with Gasteiger partial charge in [0.2, 0.25) is 0 Å². The fourth-order valence-corrected chi connectivity index (χ4v) is 5.52. The number of hydrogen-bond acceptors (Lipinski definition) is 7. The maximum Gasteiger partial charge on any atom is 0.448 e. The molecule has 1 atom stereocenters. The fraction of sp³-hybridized carbons (Fsp3) is 0.286. The number of nitrogens with one attached hydrogen (secondary N) is 1. The number of hydrogen-bond donors (Lipinski definition) is 2. The number of carbonyl (C=O) groups excluding carboxylic acids is 1. The van der Waals surface area contributed by atoms with E-state index in [0.717, 1.165) is 17.2 Å². The van der Waals surface area contributed by atoms with Crippen LogP contribution in [0.1, 0.15) is 24.3 Å². The van der Waals surface area contributed by atoms with Crippen molar-refractivity contribution >= 4 is 21.6 Å². The number of pyridine rings is 1. The summed E-state index contributed by atoms with van der Waals surface area (Å²) in [5.41, 5.74) is 5.67. The number of sulfone groups is 1. The topological polar surface area (TPSA) is 118 Å². The number of benzene rings is 2. The monoisotopic (exact) mass is 589 g/mol. The van der Waals surface area contributed by atoms with Crippen LogP contribution in [0.15, 0.2) is 84.9 Å². The van der Waals surface area contributed by atoms with E-state index < -0.39 is 28.0 Å². The lowest BCUT2D eigenvalue weighted by Gasteiger charge is -2.33. The lowest BCUT2D eigenvalue weighted by Crippen LogP contribution is -2.49. The highest BCUT2D eigenvalue weighted by Gasteiger charge is 2.37. The Hall–Kier alpha value is -3.94. The quantitative estimate of drug-likeness (QED) is 0.171. The van der Waals surface area contributed by atoms with Gasteiger partial charge in [0.25, 0.3) is 0 Å². The molecule has 4 rings (SSSR count). The van der Waals surface area contributed by atoms with Crippen molar-refractivity contribution in [3.63, 3.8) is 0 Å². The second-order valence-corrected chi connectivity index (χ2v) is 11.7. The smallest absolute Gasteiger partial charge is 0.448 e. The molecule has 13 heteroatoms. The Kier molecular flexibility index (Phi) is 9.31. The second kappa shape index (κ2) is 12.7. The van der Waals surface area contributed by atoms with Crippen LogP contribution < -0.4 is 16.2 Å². The van der Waals surface area contributed by atoms with Gasteiger partial charge in [0.1, 0.15) is 0 Å². The van der Waals surface area contributed by atoms with Crippen molar-refractivity contribution in [3.05, 3.63) is 96.0 Å². The summed E-state index contributed by atoms with van der Waals surface area (Å²) in [5, 5.41) is 0. The van der Waals surface area contributed by atoms with Gasteiger partial charge in [-0.15, -0.1) is 0 Å². The van der Waals surface area contributed by atoms with Gasteiger partial charge in [-0.3, -0.25) is 15.7 Å². The minimum Gasteiger partial charge on any atom is -0.465 e. The highest BCUT2D eigenvalue weighted by molar-refractivity contribution is 7.91. The normalized spacial score (nSPS) is 16.2. The molecule has 0 aliphatic carbocycles. The van der Waals surface area contributed by atoms with Gasteiger partial charge in [-0.1, -0.05) is 42.5 Å². The number of carbonyl (C=O) groups is 1. The first-order chi connectivity index (χ1) is 19.5. The Morgan fingerprint density at radius 1 is 1.10 bits per heavy atom. The molecule has 1 unspecified atom stereocenters. The van der Waals surface area contributed by atoms with E-state index in [2.05, 4.69) is 10.4 Å². The molecule has 3 N–H and O–H groups in total. The van der Waals surface area contributed by atoms with Gasteiger partial charge in [-0.2, -0.15) is 13.2 Å². The molecule has 218 valence electrons. The van der Waals surface area contributed by atoms with Crippen LogP contribution in [0.2, 0.25) is 0 Å². The maximum absolute atomic E-state index is 13.6. The molecule has 3 aromatic rings. The first-order valence-corrected chi connectivity index (χ1v) is 14.6. The van der Waals surface area contributed by atoms with Crippen molar-refractivity contribution in [2.24, 2.45) is 5.84 Å². The average Bonchev–Trinajstić information content (AvgIpc) is 2.96. The summed E-state index contributed by atoms with van der Waals surface area (Å²) < 4.78 is 68.4. The predicted octanol–water partition coefficient (Wildman–Crippen LogP) is 4.55. The van der Waals surface area contributed by atoms with E-state index in [4.69, 9.17) is 10.6 Å². The van der Waals surface area contributed by atoms with Crippen LogP contribution in [0.25, 0.3) is 11.1 Å². The molecule has 1 fully saturated rings. The van der Waals surface area contributed by atoms with Crippen LogP contribution in [0.5, 0.6) is 0 Å². The number of amides is 2. The van der Waals surface area contributed by atoms with E-state index in [0.29, 0.717) is 16.8 Å². The molecule has 1 aliphatic heterocycles.